The van der Waals surface area contributed by atoms with Gasteiger partial charge in [0.1, 0.15) is 12.4 Å². The molecule has 6 rings (SSSR count). The normalized spacial score (nSPS) is 20.0. The van der Waals surface area contributed by atoms with Gasteiger partial charge in [0.25, 0.3) is 5.56 Å². The van der Waals surface area contributed by atoms with Crippen LogP contribution in [-0.4, -0.2) is 27.2 Å². The molecule has 32 heavy (non-hydrogen) atoms. The summed E-state index contributed by atoms with van der Waals surface area (Å²) in [7, 11) is 0. The number of benzene rings is 1. The number of nitrogens with two attached hydrogens (primary N) is 1. The van der Waals surface area contributed by atoms with Crippen molar-refractivity contribution < 1.29 is 19.0 Å². The molecule has 1 aliphatic carbocycles. The summed E-state index contributed by atoms with van der Waals surface area (Å²) in [6.45, 7) is 2.46. The molecular formula is C24H22FN3O4. The number of aromatic nitrogens is 2. The molecule has 7 nitrogen and oxygen atoms in total. The van der Waals surface area contributed by atoms with E-state index < -0.39 is 12.1 Å². The lowest BCUT2D eigenvalue weighted by atomic mass is 9.89. The molecule has 0 saturated heterocycles. The van der Waals surface area contributed by atoms with Gasteiger partial charge < -0.3 is 20.1 Å². The summed E-state index contributed by atoms with van der Waals surface area (Å²) in [4.78, 5) is 29.8. The molecule has 1 saturated carbocycles. The highest BCUT2D eigenvalue weighted by Gasteiger charge is 2.43. The lowest BCUT2D eigenvalue weighted by Crippen LogP contribution is -2.32. The van der Waals surface area contributed by atoms with Gasteiger partial charge in [-0.3, -0.25) is 4.79 Å². The number of rotatable bonds is 3. The molecule has 2 aliphatic heterocycles. The third-order valence-electron chi connectivity index (χ3n) is 7.30. The summed E-state index contributed by atoms with van der Waals surface area (Å²) in [5.74, 6) is -1.11. The standard InChI is InChI=1S/C24H22FN3O4/c1-11-4-12-14(7-24(10-26)2-3-24)15-8-28-19(20(15)27-18(12)6-17(11)25)5-13-16(22(28)30)9-32-23(31)21(13)29/h4-6,21,29H,2-3,7-10,26H2,1H3. The number of aryl methyl sites for hydroxylation is 1. The predicted octanol–water partition coefficient (Wildman–Crippen LogP) is 2.24. The topological polar surface area (TPSA) is 107 Å². The predicted molar refractivity (Wildman–Crippen MR) is 114 cm³/mol. The molecule has 1 atom stereocenters. The van der Waals surface area contributed by atoms with Crippen molar-refractivity contribution in [3.8, 4) is 11.4 Å². The minimum atomic E-state index is -1.51. The lowest BCUT2D eigenvalue weighted by molar-refractivity contribution is -0.157. The Balaban J connectivity index is 1.63. The molecule has 0 bridgehead atoms. The number of nitrogens with zero attached hydrogens (tertiary/aromatic N) is 2. The monoisotopic (exact) mass is 435 g/mol. The first-order chi connectivity index (χ1) is 15.3. The molecule has 0 amide bonds. The molecule has 1 aromatic carbocycles. The molecular weight excluding hydrogens is 413 g/mol. The van der Waals surface area contributed by atoms with Crippen LogP contribution in [0.5, 0.6) is 0 Å². The number of halogens is 1. The Morgan fingerprint density at radius 2 is 2.06 bits per heavy atom. The maximum atomic E-state index is 14.4. The Kier molecular flexibility index (Phi) is 3.95. The average Bonchev–Trinajstić information content (AvgIpc) is 3.46. The zero-order chi connectivity index (χ0) is 22.4. The van der Waals surface area contributed by atoms with Crippen molar-refractivity contribution >= 4 is 16.9 Å². The van der Waals surface area contributed by atoms with Gasteiger partial charge in [0.2, 0.25) is 0 Å². The summed E-state index contributed by atoms with van der Waals surface area (Å²) in [5, 5.41) is 11.2. The van der Waals surface area contributed by atoms with Gasteiger partial charge in [0, 0.05) is 22.6 Å². The van der Waals surface area contributed by atoms with Crippen LogP contribution in [0.25, 0.3) is 22.3 Å². The van der Waals surface area contributed by atoms with Crippen molar-refractivity contribution in [2.75, 3.05) is 6.54 Å². The van der Waals surface area contributed by atoms with Crippen LogP contribution in [0.4, 0.5) is 4.39 Å². The zero-order valence-corrected chi connectivity index (χ0v) is 17.6. The molecule has 164 valence electrons. The average molecular weight is 435 g/mol. The van der Waals surface area contributed by atoms with E-state index in [-0.39, 0.29) is 34.5 Å². The molecule has 2 aromatic heterocycles. The maximum absolute atomic E-state index is 14.4. The largest absolute Gasteiger partial charge is 0.458 e. The summed E-state index contributed by atoms with van der Waals surface area (Å²) in [5.41, 5.74) is 10.5. The third kappa shape index (κ3) is 2.63. The quantitative estimate of drug-likeness (QED) is 0.478. The van der Waals surface area contributed by atoms with Gasteiger partial charge in [-0.05, 0) is 61.4 Å². The van der Waals surface area contributed by atoms with Gasteiger partial charge in [0.05, 0.1) is 29.0 Å². The van der Waals surface area contributed by atoms with Crippen LogP contribution in [0, 0.1) is 18.2 Å². The fraction of sp³-hybridized carbons (Fsp3) is 0.375. The first-order valence-electron chi connectivity index (χ1n) is 10.8. The van der Waals surface area contributed by atoms with E-state index in [9.17, 15) is 19.1 Å². The van der Waals surface area contributed by atoms with E-state index in [1.807, 2.05) is 6.07 Å². The number of ether oxygens (including phenoxy) is 1. The van der Waals surface area contributed by atoms with Gasteiger partial charge in [0.15, 0.2) is 6.10 Å². The van der Waals surface area contributed by atoms with Gasteiger partial charge in [-0.2, -0.15) is 0 Å². The van der Waals surface area contributed by atoms with Crippen molar-refractivity contribution in [2.45, 2.75) is 45.4 Å². The SMILES string of the molecule is Cc1cc2c(CC3(CN)CC3)c3c(nc2cc1F)-c1cc2c(c(=O)n1C3)COC(=O)C2O. The molecule has 4 heterocycles. The van der Waals surface area contributed by atoms with E-state index in [1.165, 1.54) is 6.07 Å². The van der Waals surface area contributed by atoms with Gasteiger partial charge in [-0.25, -0.2) is 14.2 Å². The van der Waals surface area contributed by atoms with E-state index in [2.05, 4.69) is 0 Å². The minimum absolute atomic E-state index is 0.0276. The van der Waals surface area contributed by atoms with Crippen molar-refractivity contribution in [1.29, 1.82) is 0 Å². The van der Waals surface area contributed by atoms with Crippen LogP contribution in [0.15, 0.2) is 23.0 Å². The van der Waals surface area contributed by atoms with Gasteiger partial charge in [-0.1, -0.05) is 0 Å². The number of hydrogen-bond acceptors (Lipinski definition) is 6. The number of aliphatic hydroxyl groups is 1. The third-order valence-corrected chi connectivity index (χ3v) is 7.30. The fourth-order valence-corrected chi connectivity index (χ4v) is 5.05. The van der Waals surface area contributed by atoms with Crippen molar-refractivity contribution in [3.05, 3.63) is 62.2 Å². The molecule has 0 spiro atoms. The first-order valence-corrected chi connectivity index (χ1v) is 10.8. The van der Waals surface area contributed by atoms with E-state index in [0.29, 0.717) is 35.6 Å². The molecule has 3 aromatic rings. The molecule has 3 aliphatic rings. The number of aliphatic hydroxyl groups excluding tert-OH is 1. The Bertz CT molecular complexity index is 1410. The Morgan fingerprint density at radius 3 is 2.78 bits per heavy atom. The molecule has 8 heteroatoms. The number of hydrogen-bond donors (Lipinski definition) is 2. The molecule has 0 radical (unpaired) electrons. The smallest absolute Gasteiger partial charge is 0.340 e. The Hall–Kier alpha value is -3.10. The van der Waals surface area contributed by atoms with Crippen LogP contribution in [-0.2, 0) is 29.1 Å². The van der Waals surface area contributed by atoms with Crippen LogP contribution in [0.2, 0.25) is 0 Å². The summed E-state index contributed by atoms with van der Waals surface area (Å²) in [6.07, 6.45) is 1.31. The van der Waals surface area contributed by atoms with Crippen molar-refractivity contribution in [1.82, 2.24) is 9.55 Å². The number of esters is 1. The van der Waals surface area contributed by atoms with E-state index >= 15 is 0 Å². The maximum Gasteiger partial charge on any atom is 0.340 e. The second-order valence-electron chi connectivity index (χ2n) is 9.28. The molecule has 1 fully saturated rings. The van der Waals surface area contributed by atoms with Crippen LogP contribution >= 0.6 is 0 Å². The molecule has 3 N–H and O–H groups in total. The van der Waals surface area contributed by atoms with E-state index in [0.717, 1.165) is 35.8 Å². The Labute approximate surface area is 182 Å². The van der Waals surface area contributed by atoms with Gasteiger partial charge in [-0.15, -0.1) is 0 Å². The number of cyclic esters (lactones) is 1. The number of carbonyl (C=O) groups excluding carboxylic acids is 1. The van der Waals surface area contributed by atoms with Crippen LogP contribution in [0.1, 0.15) is 46.8 Å². The number of fused-ring (bicyclic) bond motifs is 5. The van der Waals surface area contributed by atoms with Crippen molar-refractivity contribution in [3.63, 3.8) is 0 Å². The molecule has 1 unspecified atom stereocenters. The van der Waals surface area contributed by atoms with Crippen LogP contribution < -0.4 is 11.3 Å². The highest BCUT2D eigenvalue weighted by atomic mass is 19.1. The van der Waals surface area contributed by atoms with Crippen molar-refractivity contribution in [2.24, 2.45) is 11.1 Å². The number of pyridine rings is 2. The summed E-state index contributed by atoms with van der Waals surface area (Å²) < 4.78 is 21.0. The summed E-state index contributed by atoms with van der Waals surface area (Å²) >= 11 is 0. The van der Waals surface area contributed by atoms with Crippen LogP contribution in [0.3, 0.4) is 0 Å². The number of carbonyl (C=O) groups is 1. The zero-order valence-electron chi connectivity index (χ0n) is 17.6. The van der Waals surface area contributed by atoms with Gasteiger partial charge >= 0.3 is 5.97 Å². The lowest BCUT2D eigenvalue weighted by Gasteiger charge is -2.21. The highest BCUT2D eigenvalue weighted by molar-refractivity contribution is 5.89. The van der Waals surface area contributed by atoms with E-state index in [1.54, 1.807) is 17.6 Å². The Morgan fingerprint density at radius 1 is 1.28 bits per heavy atom. The fourth-order valence-electron chi connectivity index (χ4n) is 5.05. The highest BCUT2D eigenvalue weighted by Crippen LogP contribution is 2.50. The second kappa shape index (κ2) is 6.46. The minimum Gasteiger partial charge on any atom is -0.458 e. The van der Waals surface area contributed by atoms with E-state index in [4.69, 9.17) is 15.5 Å². The first kappa shape index (κ1) is 19.6. The second-order valence-corrected chi connectivity index (χ2v) is 9.28. The summed E-state index contributed by atoms with van der Waals surface area (Å²) in [6, 6.07) is 4.91.